The second-order valence-corrected chi connectivity index (χ2v) is 8.88. The van der Waals surface area contributed by atoms with Crippen molar-refractivity contribution >= 4 is 38.8 Å². The number of benzene rings is 2. The van der Waals surface area contributed by atoms with Crippen molar-refractivity contribution in [3.63, 3.8) is 0 Å². The molecule has 152 valence electrons. The molecular weight excluding hydrogens is 380 g/mol. The number of para-hydroxylation sites is 1. The van der Waals surface area contributed by atoms with Crippen LogP contribution in [0.4, 0.5) is 11.4 Å². The van der Waals surface area contributed by atoms with Crippen LogP contribution in [-0.4, -0.2) is 49.0 Å². The third-order valence-electron chi connectivity index (χ3n) is 5.49. The maximum absolute atomic E-state index is 12.4. The van der Waals surface area contributed by atoms with Crippen molar-refractivity contribution in [3.8, 4) is 0 Å². The lowest BCUT2D eigenvalue weighted by atomic mass is 10.1. The van der Waals surface area contributed by atoms with Crippen LogP contribution in [0.5, 0.6) is 0 Å². The summed E-state index contributed by atoms with van der Waals surface area (Å²) < 4.78 is 1.21. The molecule has 1 N–H and O–H groups in total. The minimum Gasteiger partial charge on any atom is -0.369 e. The number of likely N-dealkylation sites (N-methyl/N-ethyl adjacent to an activating group) is 1. The third-order valence-corrected chi connectivity index (χ3v) is 6.58. The molecule has 4 rings (SSSR count). The van der Waals surface area contributed by atoms with Gasteiger partial charge in [0.2, 0.25) is 5.91 Å². The van der Waals surface area contributed by atoms with E-state index in [0.29, 0.717) is 6.42 Å². The summed E-state index contributed by atoms with van der Waals surface area (Å²) in [6.07, 6.45) is 2.16. The molecule has 0 aliphatic carbocycles. The van der Waals surface area contributed by atoms with Crippen molar-refractivity contribution in [2.45, 2.75) is 26.2 Å². The first-order chi connectivity index (χ1) is 14.1. The highest BCUT2D eigenvalue weighted by atomic mass is 32.1. The van der Waals surface area contributed by atoms with Gasteiger partial charge in [0.05, 0.1) is 15.2 Å². The van der Waals surface area contributed by atoms with Gasteiger partial charge in [0, 0.05) is 44.0 Å². The topological polar surface area (TPSA) is 48.5 Å². The first-order valence-corrected chi connectivity index (χ1v) is 11.1. The molecule has 3 aromatic rings. The highest BCUT2D eigenvalue weighted by Gasteiger charge is 2.15. The van der Waals surface area contributed by atoms with Crippen LogP contribution in [-0.2, 0) is 11.2 Å². The van der Waals surface area contributed by atoms with E-state index in [4.69, 9.17) is 0 Å². The Labute approximate surface area is 176 Å². The molecule has 6 heteroatoms. The lowest BCUT2D eigenvalue weighted by Crippen LogP contribution is -2.44. The largest absolute Gasteiger partial charge is 0.369 e. The van der Waals surface area contributed by atoms with Crippen LogP contribution in [0.15, 0.2) is 42.5 Å². The van der Waals surface area contributed by atoms with Gasteiger partial charge in [-0.05, 0) is 62.7 Å². The smallest absolute Gasteiger partial charge is 0.224 e. The Morgan fingerprint density at radius 2 is 1.93 bits per heavy atom. The molecule has 1 aromatic heterocycles. The fourth-order valence-electron chi connectivity index (χ4n) is 3.69. The number of fused-ring (bicyclic) bond motifs is 1. The van der Waals surface area contributed by atoms with Gasteiger partial charge in [0.25, 0.3) is 0 Å². The van der Waals surface area contributed by atoms with Gasteiger partial charge in [-0.3, -0.25) is 4.79 Å². The highest BCUT2D eigenvalue weighted by molar-refractivity contribution is 7.18. The van der Waals surface area contributed by atoms with Gasteiger partial charge in [-0.25, -0.2) is 4.98 Å². The summed E-state index contributed by atoms with van der Waals surface area (Å²) in [5.74, 6) is 0.0709. The predicted octanol–water partition coefficient (Wildman–Crippen LogP) is 4.32. The SMILES string of the molecule is Cc1cc(N2CCN(C)CC2)ccc1NC(=O)CCCc1nc2ccccc2s1. The molecule has 29 heavy (non-hydrogen) atoms. The first-order valence-electron chi connectivity index (χ1n) is 10.3. The van der Waals surface area contributed by atoms with Crippen molar-refractivity contribution in [3.05, 3.63) is 53.0 Å². The number of thiazole rings is 1. The summed E-state index contributed by atoms with van der Waals surface area (Å²) >= 11 is 1.72. The second-order valence-electron chi connectivity index (χ2n) is 7.77. The Morgan fingerprint density at radius 1 is 1.14 bits per heavy atom. The molecule has 0 bridgehead atoms. The molecule has 1 amide bonds. The zero-order chi connectivity index (χ0) is 20.2. The summed E-state index contributed by atoms with van der Waals surface area (Å²) in [5.41, 5.74) is 4.31. The number of carbonyl (C=O) groups excluding carboxylic acids is 1. The van der Waals surface area contributed by atoms with Crippen LogP contribution < -0.4 is 10.2 Å². The zero-order valence-electron chi connectivity index (χ0n) is 17.1. The van der Waals surface area contributed by atoms with Gasteiger partial charge >= 0.3 is 0 Å². The van der Waals surface area contributed by atoms with Crippen molar-refractivity contribution in [1.29, 1.82) is 0 Å². The Hall–Kier alpha value is -2.44. The van der Waals surface area contributed by atoms with E-state index in [9.17, 15) is 4.79 Å². The van der Waals surface area contributed by atoms with E-state index in [2.05, 4.69) is 52.3 Å². The van der Waals surface area contributed by atoms with Gasteiger partial charge in [-0.15, -0.1) is 11.3 Å². The van der Waals surface area contributed by atoms with Gasteiger partial charge < -0.3 is 15.1 Å². The first kappa shape index (κ1) is 19.9. The standard InChI is InChI=1S/C23H28N4OS/c1-17-16-18(27-14-12-26(2)13-15-27)10-11-19(17)24-22(28)8-5-9-23-25-20-6-3-4-7-21(20)29-23/h3-4,6-7,10-11,16H,5,8-9,12-15H2,1-2H3,(H,24,28). The number of amides is 1. The van der Waals surface area contributed by atoms with E-state index in [-0.39, 0.29) is 5.91 Å². The molecule has 2 heterocycles. The van der Waals surface area contributed by atoms with Crippen LogP contribution >= 0.6 is 11.3 Å². The molecular formula is C23H28N4OS. The lowest BCUT2D eigenvalue weighted by molar-refractivity contribution is -0.116. The molecule has 0 atom stereocenters. The molecule has 0 radical (unpaired) electrons. The average Bonchev–Trinajstić information content (AvgIpc) is 3.13. The van der Waals surface area contributed by atoms with Crippen LogP contribution in [0.3, 0.4) is 0 Å². The van der Waals surface area contributed by atoms with Crippen molar-refractivity contribution in [2.75, 3.05) is 43.4 Å². The van der Waals surface area contributed by atoms with Gasteiger partial charge in [-0.1, -0.05) is 12.1 Å². The van der Waals surface area contributed by atoms with Crippen LogP contribution in [0.1, 0.15) is 23.4 Å². The molecule has 2 aromatic carbocycles. The predicted molar refractivity (Wildman–Crippen MR) is 122 cm³/mol. The molecule has 1 fully saturated rings. The Balaban J connectivity index is 1.28. The fraction of sp³-hybridized carbons (Fsp3) is 0.391. The normalized spacial score (nSPS) is 15.0. The summed E-state index contributed by atoms with van der Waals surface area (Å²) in [6, 6.07) is 14.5. The monoisotopic (exact) mass is 408 g/mol. The number of rotatable bonds is 6. The lowest BCUT2D eigenvalue weighted by Gasteiger charge is -2.34. The number of nitrogens with zero attached hydrogens (tertiary/aromatic N) is 3. The van der Waals surface area contributed by atoms with Crippen molar-refractivity contribution in [1.82, 2.24) is 9.88 Å². The second kappa shape index (κ2) is 8.93. The van der Waals surface area contributed by atoms with E-state index in [0.717, 1.165) is 60.8 Å². The number of aryl methyl sites for hydroxylation is 2. The number of hydrogen-bond donors (Lipinski definition) is 1. The van der Waals surface area contributed by atoms with Crippen LogP contribution in [0.2, 0.25) is 0 Å². The molecule has 0 unspecified atom stereocenters. The Bertz CT molecular complexity index is 958. The quantitative estimate of drug-likeness (QED) is 0.660. The van der Waals surface area contributed by atoms with Gasteiger partial charge in [-0.2, -0.15) is 0 Å². The molecule has 1 aliphatic rings. The van der Waals surface area contributed by atoms with E-state index in [1.807, 2.05) is 24.3 Å². The number of anilines is 2. The van der Waals surface area contributed by atoms with Crippen molar-refractivity contribution < 1.29 is 4.79 Å². The number of carbonyl (C=O) groups is 1. The van der Waals surface area contributed by atoms with E-state index in [1.165, 1.54) is 10.4 Å². The molecule has 0 saturated carbocycles. The van der Waals surface area contributed by atoms with E-state index in [1.54, 1.807) is 11.3 Å². The number of nitrogens with one attached hydrogen (secondary N) is 1. The van der Waals surface area contributed by atoms with E-state index < -0.39 is 0 Å². The molecule has 1 aliphatic heterocycles. The number of piperazine rings is 1. The Morgan fingerprint density at radius 3 is 2.69 bits per heavy atom. The number of hydrogen-bond acceptors (Lipinski definition) is 5. The maximum atomic E-state index is 12.4. The molecule has 5 nitrogen and oxygen atoms in total. The molecule has 0 spiro atoms. The van der Waals surface area contributed by atoms with Gasteiger partial charge in [0.15, 0.2) is 0 Å². The zero-order valence-corrected chi connectivity index (χ0v) is 18.0. The number of aromatic nitrogens is 1. The van der Waals surface area contributed by atoms with Gasteiger partial charge in [0.1, 0.15) is 0 Å². The maximum Gasteiger partial charge on any atom is 0.224 e. The van der Waals surface area contributed by atoms with E-state index >= 15 is 0 Å². The Kier molecular flexibility index (Phi) is 6.11. The minimum atomic E-state index is 0.0709. The third kappa shape index (κ3) is 4.95. The highest BCUT2D eigenvalue weighted by Crippen LogP contribution is 2.25. The van der Waals surface area contributed by atoms with Crippen LogP contribution in [0.25, 0.3) is 10.2 Å². The summed E-state index contributed by atoms with van der Waals surface area (Å²) in [4.78, 5) is 21.8. The van der Waals surface area contributed by atoms with Crippen LogP contribution in [0, 0.1) is 6.92 Å². The summed E-state index contributed by atoms with van der Waals surface area (Å²) in [7, 11) is 2.16. The fourth-order valence-corrected chi connectivity index (χ4v) is 4.70. The molecule has 1 saturated heterocycles. The van der Waals surface area contributed by atoms with Crippen molar-refractivity contribution in [2.24, 2.45) is 0 Å². The summed E-state index contributed by atoms with van der Waals surface area (Å²) in [6.45, 7) is 6.34. The minimum absolute atomic E-state index is 0.0709. The average molecular weight is 409 g/mol. The summed E-state index contributed by atoms with van der Waals surface area (Å²) in [5, 5.41) is 4.18.